The molecule has 1 aromatic rings. The second-order valence-electron chi connectivity index (χ2n) is 3.06. The molecule has 1 amide bonds. The highest BCUT2D eigenvalue weighted by Crippen LogP contribution is 2.17. The number of halogens is 1. The molecule has 0 bridgehead atoms. The van der Waals surface area contributed by atoms with Crippen molar-refractivity contribution in [1.29, 1.82) is 0 Å². The Labute approximate surface area is 108 Å². The van der Waals surface area contributed by atoms with E-state index in [4.69, 9.17) is 4.74 Å². The van der Waals surface area contributed by atoms with Crippen LogP contribution in [0.1, 0.15) is 17.3 Å². The number of nitrogens with zero attached hydrogens (tertiary/aromatic N) is 1. The first-order valence-corrected chi connectivity index (χ1v) is 6.68. The Morgan fingerprint density at radius 2 is 2.40 bits per heavy atom. The minimum absolute atomic E-state index is 0.0638. The quantitative estimate of drug-likeness (QED) is 0.609. The third-order valence-electron chi connectivity index (χ3n) is 1.94. The first-order chi connectivity index (χ1) is 7.15. The highest BCUT2D eigenvalue weighted by atomic mass is 127. The van der Waals surface area contributed by atoms with Crippen LogP contribution in [-0.2, 0) is 4.74 Å². The summed E-state index contributed by atoms with van der Waals surface area (Å²) in [6, 6.07) is 1.91. The van der Waals surface area contributed by atoms with E-state index in [2.05, 4.69) is 22.6 Å². The van der Waals surface area contributed by atoms with Gasteiger partial charge in [-0.2, -0.15) is 0 Å². The van der Waals surface area contributed by atoms with Crippen molar-refractivity contribution in [2.45, 2.75) is 6.92 Å². The molecule has 0 spiro atoms. The van der Waals surface area contributed by atoms with Gasteiger partial charge in [0.15, 0.2) is 0 Å². The summed E-state index contributed by atoms with van der Waals surface area (Å²) in [5, 5.41) is 1.89. The maximum Gasteiger partial charge on any atom is 0.254 e. The van der Waals surface area contributed by atoms with Crippen molar-refractivity contribution in [3.63, 3.8) is 0 Å². The highest BCUT2D eigenvalue weighted by molar-refractivity contribution is 14.1. The fourth-order valence-electron chi connectivity index (χ4n) is 1.09. The lowest BCUT2D eigenvalue weighted by Crippen LogP contribution is -2.29. The molecule has 3 nitrogen and oxygen atoms in total. The van der Waals surface area contributed by atoms with Gasteiger partial charge in [-0.15, -0.1) is 11.3 Å². The van der Waals surface area contributed by atoms with Gasteiger partial charge in [-0.3, -0.25) is 4.79 Å². The molecule has 0 aromatic carbocycles. The molecule has 0 unspecified atom stereocenters. The molecule has 0 aliphatic carbocycles. The van der Waals surface area contributed by atoms with Crippen LogP contribution in [0.5, 0.6) is 0 Å². The molecular formula is C10H14INO2S. The largest absolute Gasteiger partial charge is 0.380 e. The zero-order chi connectivity index (χ0) is 11.3. The Kier molecular flexibility index (Phi) is 5.55. The summed E-state index contributed by atoms with van der Waals surface area (Å²) in [5.41, 5.74) is 0.767. The summed E-state index contributed by atoms with van der Waals surface area (Å²) in [5.74, 6) is 0.0638. The number of amides is 1. The third-order valence-corrected chi connectivity index (χ3v) is 3.73. The van der Waals surface area contributed by atoms with Crippen LogP contribution in [0.4, 0.5) is 0 Å². The minimum Gasteiger partial charge on any atom is -0.380 e. The molecular weight excluding hydrogens is 325 g/mol. The summed E-state index contributed by atoms with van der Waals surface area (Å²) >= 11 is 3.80. The monoisotopic (exact) mass is 339 g/mol. The van der Waals surface area contributed by atoms with E-state index < -0.39 is 0 Å². The molecule has 1 heterocycles. The molecule has 1 rings (SSSR count). The Morgan fingerprint density at radius 3 is 2.93 bits per heavy atom. The Hall–Kier alpha value is -0.140. The molecule has 0 saturated carbocycles. The van der Waals surface area contributed by atoms with Gasteiger partial charge < -0.3 is 9.64 Å². The zero-order valence-corrected chi connectivity index (χ0v) is 11.8. The van der Waals surface area contributed by atoms with Crippen LogP contribution >= 0.6 is 33.9 Å². The maximum atomic E-state index is 11.8. The van der Waals surface area contributed by atoms with E-state index in [9.17, 15) is 4.79 Å². The van der Waals surface area contributed by atoms with Crippen molar-refractivity contribution < 1.29 is 9.53 Å². The lowest BCUT2D eigenvalue weighted by molar-refractivity contribution is 0.0710. The van der Waals surface area contributed by atoms with Gasteiger partial charge in [0.1, 0.15) is 0 Å². The predicted molar refractivity (Wildman–Crippen MR) is 70.5 cm³/mol. The molecule has 0 atom stereocenters. The number of likely N-dealkylation sites (N-methyl/N-ethyl adjacent to an activating group) is 1. The van der Waals surface area contributed by atoms with Gasteiger partial charge in [0.25, 0.3) is 5.91 Å². The van der Waals surface area contributed by atoms with E-state index in [0.717, 1.165) is 8.45 Å². The number of hydrogen-bond donors (Lipinski definition) is 0. The van der Waals surface area contributed by atoms with Crippen molar-refractivity contribution in [2.75, 3.05) is 26.8 Å². The van der Waals surface area contributed by atoms with Gasteiger partial charge in [-0.05, 0) is 35.6 Å². The summed E-state index contributed by atoms with van der Waals surface area (Å²) in [6.07, 6.45) is 0. The number of thiophene rings is 1. The van der Waals surface area contributed by atoms with Crippen molar-refractivity contribution in [2.24, 2.45) is 0 Å². The summed E-state index contributed by atoms with van der Waals surface area (Å²) in [6.45, 7) is 3.88. The standard InChI is InChI=1S/C10H14INO2S/c1-3-14-5-4-12(2)10(13)8-6-9(11)15-7-8/h6-7H,3-5H2,1-2H3. The lowest BCUT2D eigenvalue weighted by Gasteiger charge is -2.15. The Bertz CT molecular complexity index is 327. The van der Waals surface area contributed by atoms with Gasteiger partial charge in [-0.1, -0.05) is 0 Å². The fraction of sp³-hybridized carbons (Fsp3) is 0.500. The average Bonchev–Trinajstić information content (AvgIpc) is 2.64. The van der Waals surface area contributed by atoms with Crippen LogP contribution in [-0.4, -0.2) is 37.6 Å². The SMILES string of the molecule is CCOCCN(C)C(=O)c1csc(I)c1. The normalized spacial score (nSPS) is 10.3. The second-order valence-corrected chi connectivity index (χ2v) is 5.87. The van der Waals surface area contributed by atoms with Gasteiger partial charge in [0.2, 0.25) is 0 Å². The molecule has 0 saturated heterocycles. The van der Waals surface area contributed by atoms with E-state index >= 15 is 0 Å². The summed E-state index contributed by atoms with van der Waals surface area (Å²) < 4.78 is 6.34. The summed E-state index contributed by atoms with van der Waals surface area (Å²) in [4.78, 5) is 13.5. The number of carbonyl (C=O) groups excluding carboxylic acids is 1. The van der Waals surface area contributed by atoms with E-state index in [1.807, 2.05) is 18.4 Å². The van der Waals surface area contributed by atoms with Crippen molar-refractivity contribution >= 4 is 39.8 Å². The Morgan fingerprint density at radius 1 is 1.67 bits per heavy atom. The number of rotatable bonds is 5. The molecule has 0 N–H and O–H groups in total. The predicted octanol–water partition coefficient (Wildman–Crippen LogP) is 2.46. The molecule has 0 fully saturated rings. The molecule has 0 aliphatic rings. The van der Waals surface area contributed by atoms with Crippen LogP contribution in [0.2, 0.25) is 0 Å². The minimum atomic E-state index is 0.0638. The molecule has 15 heavy (non-hydrogen) atoms. The first kappa shape index (κ1) is 12.9. The molecule has 84 valence electrons. The van der Waals surface area contributed by atoms with Crippen LogP contribution < -0.4 is 0 Å². The molecule has 1 aromatic heterocycles. The van der Waals surface area contributed by atoms with E-state index in [0.29, 0.717) is 19.8 Å². The zero-order valence-electron chi connectivity index (χ0n) is 8.83. The van der Waals surface area contributed by atoms with Gasteiger partial charge in [0.05, 0.1) is 15.1 Å². The number of ether oxygens (including phenoxy) is 1. The smallest absolute Gasteiger partial charge is 0.254 e. The van der Waals surface area contributed by atoms with Gasteiger partial charge in [0, 0.05) is 25.6 Å². The second kappa shape index (κ2) is 6.44. The van der Waals surface area contributed by atoms with E-state index in [1.165, 1.54) is 0 Å². The topological polar surface area (TPSA) is 29.5 Å². The first-order valence-electron chi connectivity index (χ1n) is 4.72. The molecule has 0 aliphatic heterocycles. The van der Waals surface area contributed by atoms with Crippen molar-refractivity contribution in [3.05, 3.63) is 19.9 Å². The van der Waals surface area contributed by atoms with Crippen LogP contribution in [0.25, 0.3) is 0 Å². The Balaban J connectivity index is 2.46. The van der Waals surface area contributed by atoms with Crippen LogP contribution in [0.3, 0.4) is 0 Å². The fourth-order valence-corrected chi connectivity index (χ4v) is 2.41. The maximum absolute atomic E-state index is 11.8. The lowest BCUT2D eigenvalue weighted by atomic mass is 10.3. The van der Waals surface area contributed by atoms with Crippen LogP contribution in [0, 0.1) is 2.88 Å². The van der Waals surface area contributed by atoms with Crippen molar-refractivity contribution in [3.8, 4) is 0 Å². The van der Waals surface area contributed by atoms with Crippen LogP contribution in [0.15, 0.2) is 11.4 Å². The highest BCUT2D eigenvalue weighted by Gasteiger charge is 2.12. The third kappa shape index (κ3) is 4.08. The number of hydrogen-bond acceptors (Lipinski definition) is 3. The van der Waals surface area contributed by atoms with E-state index in [-0.39, 0.29) is 5.91 Å². The summed E-state index contributed by atoms with van der Waals surface area (Å²) in [7, 11) is 1.80. The van der Waals surface area contributed by atoms with Crippen molar-refractivity contribution in [1.82, 2.24) is 4.90 Å². The van der Waals surface area contributed by atoms with E-state index in [1.54, 1.807) is 23.3 Å². The van der Waals surface area contributed by atoms with Gasteiger partial charge >= 0.3 is 0 Å². The average molecular weight is 339 g/mol. The van der Waals surface area contributed by atoms with Gasteiger partial charge in [-0.25, -0.2) is 0 Å². The molecule has 5 heteroatoms. The number of carbonyl (C=O) groups is 1. The molecule has 0 radical (unpaired) electrons.